The zero-order valence-corrected chi connectivity index (χ0v) is 10.9. The summed E-state index contributed by atoms with van der Waals surface area (Å²) in [5.41, 5.74) is 17.5. The molecule has 1 aromatic rings. The van der Waals surface area contributed by atoms with E-state index in [1.165, 1.54) is 10.9 Å². The number of nitrogens with zero attached hydrogens (tertiary/aromatic N) is 3. The topological polar surface area (TPSA) is 190 Å². The molecule has 4 atom stereocenters. The van der Waals surface area contributed by atoms with Crippen molar-refractivity contribution in [3.63, 3.8) is 0 Å². The molecule has 21 heavy (non-hydrogen) atoms. The largest absolute Gasteiger partial charge is 0.394 e. The third-order valence-corrected chi connectivity index (χ3v) is 3.51. The minimum absolute atomic E-state index is 0.0130. The number of hydrogen-bond acceptors (Lipinski definition) is 10. The average molecular weight is 299 g/mol. The SMILES string of the molecule is NC1=Nc2c(ncn2[C@@H]2O[C@H](CO)[C@@H](O)[C@H]2O)C(N)(N)N1. The smallest absolute Gasteiger partial charge is 0.198 e. The molecule has 1 fully saturated rings. The minimum Gasteiger partial charge on any atom is -0.394 e. The summed E-state index contributed by atoms with van der Waals surface area (Å²) in [5.74, 6) is -1.31. The van der Waals surface area contributed by atoms with Crippen LogP contribution in [0.15, 0.2) is 11.3 Å². The molecule has 2 aliphatic heterocycles. The van der Waals surface area contributed by atoms with Crippen molar-refractivity contribution < 1.29 is 20.1 Å². The molecule has 0 aliphatic carbocycles. The van der Waals surface area contributed by atoms with Gasteiger partial charge in [0.1, 0.15) is 24.0 Å². The van der Waals surface area contributed by atoms with Gasteiger partial charge < -0.3 is 31.1 Å². The zero-order valence-electron chi connectivity index (χ0n) is 10.9. The Kier molecular flexibility index (Phi) is 3.12. The van der Waals surface area contributed by atoms with Crippen LogP contribution in [0.4, 0.5) is 5.82 Å². The fourth-order valence-corrected chi connectivity index (χ4v) is 2.47. The van der Waals surface area contributed by atoms with E-state index in [9.17, 15) is 10.2 Å². The Morgan fingerprint density at radius 2 is 2.10 bits per heavy atom. The number of rotatable bonds is 2. The number of nitrogens with two attached hydrogens (primary N) is 3. The predicted octanol–water partition coefficient (Wildman–Crippen LogP) is -3.93. The number of imidazole rings is 1. The van der Waals surface area contributed by atoms with Gasteiger partial charge in [0.05, 0.1) is 12.9 Å². The molecule has 0 spiro atoms. The summed E-state index contributed by atoms with van der Waals surface area (Å²) < 4.78 is 6.77. The first kappa shape index (κ1) is 14.2. The molecule has 0 amide bonds. The lowest BCUT2D eigenvalue weighted by molar-refractivity contribution is -0.0520. The van der Waals surface area contributed by atoms with E-state index >= 15 is 0 Å². The lowest BCUT2D eigenvalue weighted by atomic mass is 10.1. The van der Waals surface area contributed by atoms with Crippen LogP contribution in [0.25, 0.3) is 0 Å². The van der Waals surface area contributed by atoms with Crippen LogP contribution in [-0.4, -0.2) is 55.7 Å². The molecule has 0 saturated carbocycles. The van der Waals surface area contributed by atoms with Crippen molar-refractivity contribution >= 4 is 11.8 Å². The van der Waals surface area contributed by atoms with Gasteiger partial charge >= 0.3 is 0 Å². The van der Waals surface area contributed by atoms with Crippen LogP contribution < -0.4 is 22.5 Å². The molecular formula is C10H17N7O4. The Bertz CT molecular complexity index is 586. The number of hydrogen-bond donors (Lipinski definition) is 7. The van der Waals surface area contributed by atoms with Gasteiger partial charge in [-0.1, -0.05) is 0 Å². The van der Waals surface area contributed by atoms with E-state index in [-0.39, 0.29) is 17.5 Å². The number of fused-ring (bicyclic) bond motifs is 1. The van der Waals surface area contributed by atoms with Gasteiger partial charge in [-0.2, -0.15) is 4.99 Å². The molecule has 10 N–H and O–H groups in total. The van der Waals surface area contributed by atoms with E-state index in [1.54, 1.807) is 0 Å². The Hall–Kier alpha value is -1.76. The van der Waals surface area contributed by atoms with Gasteiger partial charge in [-0.25, -0.2) is 4.98 Å². The molecule has 1 saturated heterocycles. The van der Waals surface area contributed by atoms with Crippen LogP contribution in [0.3, 0.4) is 0 Å². The van der Waals surface area contributed by atoms with Crippen LogP contribution in [0.5, 0.6) is 0 Å². The summed E-state index contributed by atoms with van der Waals surface area (Å²) in [6, 6.07) is 0. The normalized spacial score (nSPS) is 34.2. The predicted molar refractivity (Wildman–Crippen MR) is 69.7 cm³/mol. The summed E-state index contributed by atoms with van der Waals surface area (Å²) in [7, 11) is 0. The monoisotopic (exact) mass is 299 g/mol. The van der Waals surface area contributed by atoms with Crippen LogP contribution in [0.1, 0.15) is 11.9 Å². The maximum absolute atomic E-state index is 10.0. The fourth-order valence-electron chi connectivity index (χ4n) is 2.47. The van der Waals surface area contributed by atoms with Crippen LogP contribution in [-0.2, 0) is 10.5 Å². The number of aliphatic hydroxyl groups excluding tert-OH is 3. The Labute approximate surface area is 119 Å². The van der Waals surface area contributed by atoms with Gasteiger partial charge in [-0.05, 0) is 0 Å². The average Bonchev–Trinajstić information content (AvgIpc) is 2.93. The highest BCUT2D eigenvalue weighted by Gasteiger charge is 2.45. The molecule has 0 unspecified atom stereocenters. The molecular weight excluding hydrogens is 282 g/mol. The molecule has 0 aromatic carbocycles. The Balaban J connectivity index is 2.01. The van der Waals surface area contributed by atoms with E-state index in [0.717, 1.165) is 0 Å². The van der Waals surface area contributed by atoms with Crippen molar-refractivity contribution in [2.45, 2.75) is 30.3 Å². The summed E-state index contributed by atoms with van der Waals surface area (Å²) >= 11 is 0. The maximum Gasteiger partial charge on any atom is 0.198 e. The molecule has 11 nitrogen and oxygen atoms in total. The third-order valence-electron chi connectivity index (χ3n) is 3.51. The highest BCUT2D eigenvalue weighted by molar-refractivity contribution is 5.83. The Morgan fingerprint density at radius 1 is 1.38 bits per heavy atom. The van der Waals surface area contributed by atoms with Crippen molar-refractivity contribution in [3.05, 3.63) is 12.0 Å². The number of ether oxygens (including phenoxy) is 1. The van der Waals surface area contributed by atoms with Crippen molar-refractivity contribution in [2.24, 2.45) is 22.2 Å². The van der Waals surface area contributed by atoms with E-state index < -0.39 is 36.9 Å². The molecule has 2 aliphatic rings. The lowest BCUT2D eigenvalue weighted by Crippen LogP contribution is -2.63. The summed E-state index contributed by atoms with van der Waals surface area (Å²) in [6.07, 6.45) is -3.08. The first-order valence-corrected chi connectivity index (χ1v) is 6.25. The molecule has 116 valence electrons. The number of aromatic nitrogens is 2. The molecule has 1 aromatic heterocycles. The molecule has 3 heterocycles. The van der Waals surface area contributed by atoms with Crippen LogP contribution in [0, 0.1) is 0 Å². The van der Waals surface area contributed by atoms with E-state index in [0.29, 0.717) is 0 Å². The summed E-state index contributed by atoms with van der Waals surface area (Å²) in [5, 5.41) is 31.5. The quantitative estimate of drug-likeness (QED) is 0.267. The zero-order chi connectivity index (χ0) is 15.4. The van der Waals surface area contributed by atoms with Crippen molar-refractivity contribution in [3.8, 4) is 0 Å². The summed E-state index contributed by atoms with van der Waals surface area (Å²) in [6.45, 7) is -0.434. The van der Waals surface area contributed by atoms with Crippen LogP contribution in [0.2, 0.25) is 0 Å². The van der Waals surface area contributed by atoms with E-state index in [1.807, 2.05) is 0 Å². The third kappa shape index (κ3) is 2.07. The van der Waals surface area contributed by atoms with Gasteiger partial charge in [-0.15, -0.1) is 0 Å². The van der Waals surface area contributed by atoms with Crippen molar-refractivity contribution in [2.75, 3.05) is 6.61 Å². The second-order valence-corrected chi connectivity index (χ2v) is 5.04. The number of aliphatic hydroxyl groups is 3. The number of aliphatic imine (C=N–C) groups is 1. The number of guanidine groups is 1. The summed E-state index contributed by atoms with van der Waals surface area (Å²) in [4.78, 5) is 8.10. The molecule has 3 rings (SSSR count). The first-order valence-electron chi connectivity index (χ1n) is 6.25. The van der Waals surface area contributed by atoms with Gasteiger partial charge in [-0.3, -0.25) is 16.0 Å². The molecule has 0 radical (unpaired) electrons. The van der Waals surface area contributed by atoms with Gasteiger partial charge in [0, 0.05) is 0 Å². The second kappa shape index (κ2) is 4.62. The van der Waals surface area contributed by atoms with Gasteiger partial charge in [0.2, 0.25) is 0 Å². The second-order valence-electron chi connectivity index (χ2n) is 5.04. The van der Waals surface area contributed by atoms with E-state index in [2.05, 4.69) is 15.3 Å². The minimum atomic E-state index is -1.51. The first-order chi connectivity index (χ1) is 9.85. The van der Waals surface area contributed by atoms with Crippen molar-refractivity contribution in [1.82, 2.24) is 14.9 Å². The van der Waals surface area contributed by atoms with Gasteiger partial charge in [0.25, 0.3) is 0 Å². The fraction of sp³-hybridized carbons (Fsp3) is 0.600. The lowest BCUT2D eigenvalue weighted by Gasteiger charge is -2.29. The highest BCUT2D eigenvalue weighted by Crippen LogP contribution is 2.35. The van der Waals surface area contributed by atoms with E-state index in [4.69, 9.17) is 27.0 Å². The van der Waals surface area contributed by atoms with Gasteiger partial charge in [0.15, 0.2) is 23.8 Å². The van der Waals surface area contributed by atoms with Crippen LogP contribution >= 0.6 is 0 Å². The molecule has 11 heteroatoms. The standard InChI is InChI=1S/C10H17N7O4/c11-9-15-7-6(10(12,13)16-9)14-2-17(7)8-5(20)4(19)3(1-18)21-8/h2-5,8,18-20H,1,12-13H2,(H3,11,15,16)/t3-,4-,5-,8-/m1/s1. The highest BCUT2D eigenvalue weighted by atomic mass is 16.6. The number of nitrogens with one attached hydrogen (secondary N) is 1. The maximum atomic E-state index is 10.0. The Morgan fingerprint density at radius 3 is 2.71 bits per heavy atom. The van der Waals surface area contributed by atoms with Crippen molar-refractivity contribution in [1.29, 1.82) is 0 Å². The molecule has 0 bridgehead atoms.